The van der Waals surface area contributed by atoms with Crippen LogP contribution in [0.4, 0.5) is 0 Å². The average molecular weight is 203 g/mol. The lowest BCUT2D eigenvalue weighted by Gasteiger charge is -2.13. The van der Waals surface area contributed by atoms with Crippen molar-refractivity contribution in [1.82, 2.24) is 5.43 Å². The molecule has 3 nitrogen and oxygen atoms in total. The minimum atomic E-state index is 0.103. The molecule has 1 aromatic heterocycles. The molecule has 0 bridgehead atoms. The molecule has 0 saturated carbocycles. The van der Waals surface area contributed by atoms with E-state index in [2.05, 4.69) is 12.3 Å². The van der Waals surface area contributed by atoms with Gasteiger partial charge < -0.3 is 4.42 Å². The Hall–Kier alpha value is -0.510. The van der Waals surface area contributed by atoms with Gasteiger partial charge in [-0.05, 0) is 24.1 Å². The first-order valence-electron chi connectivity index (χ1n) is 4.48. The fourth-order valence-corrected chi connectivity index (χ4v) is 1.54. The highest BCUT2D eigenvalue weighted by Gasteiger charge is 2.14. The standard InChI is InChI=1S/C9H15ClN2O/c1-2-3-4-8(12-11)7-5-6-13-9(7)10/h5-6,8,12H,2-4,11H2,1H3. The van der Waals surface area contributed by atoms with Crippen LogP contribution in [0, 0.1) is 0 Å². The molecule has 0 aliphatic heterocycles. The largest absolute Gasteiger partial charge is 0.453 e. The zero-order valence-corrected chi connectivity index (χ0v) is 8.47. The third kappa shape index (κ3) is 2.72. The van der Waals surface area contributed by atoms with Gasteiger partial charge in [0.15, 0.2) is 5.22 Å². The van der Waals surface area contributed by atoms with E-state index < -0.39 is 0 Å². The number of unbranched alkanes of at least 4 members (excludes halogenated alkanes) is 1. The number of nitrogens with two attached hydrogens (primary N) is 1. The highest BCUT2D eigenvalue weighted by Crippen LogP contribution is 2.26. The SMILES string of the molecule is CCCCC(NN)c1ccoc1Cl. The molecule has 0 saturated heterocycles. The van der Waals surface area contributed by atoms with Crippen LogP contribution in [0.2, 0.25) is 5.22 Å². The van der Waals surface area contributed by atoms with Crippen LogP contribution in [-0.4, -0.2) is 0 Å². The predicted molar refractivity (Wildman–Crippen MR) is 53.3 cm³/mol. The minimum absolute atomic E-state index is 0.103. The third-order valence-corrected chi connectivity index (χ3v) is 2.38. The van der Waals surface area contributed by atoms with Gasteiger partial charge in [-0.3, -0.25) is 11.3 Å². The molecule has 1 atom stereocenters. The van der Waals surface area contributed by atoms with E-state index in [-0.39, 0.29) is 6.04 Å². The van der Waals surface area contributed by atoms with Gasteiger partial charge >= 0.3 is 0 Å². The Morgan fingerprint density at radius 3 is 2.92 bits per heavy atom. The Balaban J connectivity index is 2.61. The predicted octanol–water partition coefficient (Wildman–Crippen LogP) is 2.63. The third-order valence-electron chi connectivity index (χ3n) is 2.07. The van der Waals surface area contributed by atoms with E-state index in [4.69, 9.17) is 21.9 Å². The molecule has 0 spiro atoms. The minimum Gasteiger partial charge on any atom is -0.453 e. The van der Waals surface area contributed by atoms with Gasteiger partial charge in [0.25, 0.3) is 0 Å². The van der Waals surface area contributed by atoms with Crippen LogP contribution in [0.25, 0.3) is 0 Å². The molecule has 0 radical (unpaired) electrons. The van der Waals surface area contributed by atoms with Crippen molar-refractivity contribution in [3.05, 3.63) is 23.1 Å². The average Bonchev–Trinajstić information content (AvgIpc) is 2.54. The zero-order chi connectivity index (χ0) is 9.68. The molecule has 0 aliphatic rings. The highest BCUT2D eigenvalue weighted by atomic mass is 35.5. The summed E-state index contributed by atoms with van der Waals surface area (Å²) >= 11 is 5.83. The van der Waals surface area contributed by atoms with Crippen LogP contribution in [0.15, 0.2) is 16.7 Å². The first kappa shape index (κ1) is 10.6. The van der Waals surface area contributed by atoms with Gasteiger partial charge in [-0.1, -0.05) is 19.8 Å². The highest BCUT2D eigenvalue weighted by molar-refractivity contribution is 6.29. The van der Waals surface area contributed by atoms with Crippen molar-refractivity contribution in [2.45, 2.75) is 32.2 Å². The van der Waals surface area contributed by atoms with Crippen molar-refractivity contribution in [2.75, 3.05) is 0 Å². The van der Waals surface area contributed by atoms with E-state index in [0.29, 0.717) is 5.22 Å². The summed E-state index contributed by atoms with van der Waals surface area (Å²) in [5, 5.41) is 0.430. The number of rotatable bonds is 5. The molecule has 1 rings (SSSR count). The van der Waals surface area contributed by atoms with Gasteiger partial charge in [0, 0.05) is 5.56 Å². The van der Waals surface area contributed by atoms with Crippen LogP contribution in [-0.2, 0) is 0 Å². The van der Waals surface area contributed by atoms with Crippen LogP contribution in [0.5, 0.6) is 0 Å². The van der Waals surface area contributed by atoms with Crippen LogP contribution in [0.1, 0.15) is 37.8 Å². The molecule has 13 heavy (non-hydrogen) atoms. The van der Waals surface area contributed by atoms with E-state index in [1.165, 1.54) is 0 Å². The second kappa shape index (κ2) is 5.27. The second-order valence-corrected chi connectivity index (χ2v) is 3.35. The lowest BCUT2D eigenvalue weighted by atomic mass is 10.1. The number of halogens is 1. The molecule has 0 aliphatic carbocycles. The number of nitrogens with one attached hydrogen (secondary N) is 1. The van der Waals surface area contributed by atoms with E-state index in [9.17, 15) is 0 Å². The molecule has 0 amide bonds. The number of hydrazine groups is 1. The Labute approximate surface area is 83.2 Å². The lowest BCUT2D eigenvalue weighted by Crippen LogP contribution is -2.27. The fraction of sp³-hybridized carbons (Fsp3) is 0.556. The maximum absolute atomic E-state index is 5.83. The fourth-order valence-electron chi connectivity index (χ4n) is 1.29. The molecule has 3 N–H and O–H groups in total. The van der Waals surface area contributed by atoms with Gasteiger partial charge in [-0.25, -0.2) is 0 Å². The van der Waals surface area contributed by atoms with Crippen molar-refractivity contribution < 1.29 is 4.42 Å². The van der Waals surface area contributed by atoms with E-state index in [0.717, 1.165) is 24.8 Å². The first-order valence-corrected chi connectivity index (χ1v) is 4.86. The van der Waals surface area contributed by atoms with E-state index in [1.807, 2.05) is 6.07 Å². The van der Waals surface area contributed by atoms with Crippen molar-refractivity contribution >= 4 is 11.6 Å². The Morgan fingerprint density at radius 2 is 2.46 bits per heavy atom. The van der Waals surface area contributed by atoms with Crippen molar-refractivity contribution in [3.63, 3.8) is 0 Å². The Bertz CT molecular complexity index is 250. The van der Waals surface area contributed by atoms with Gasteiger partial charge in [0.05, 0.1) is 12.3 Å². The first-order chi connectivity index (χ1) is 6.29. The van der Waals surface area contributed by atoms with Gasteiger partial charge in [0.1, 0.15) is 0 Å². The maximum atomic E-state index is 5.83. The zero-order valence-electron chi connectivity index (χ0n) is 7.72. The second-order valence-electron chi connectivity index (χ2n) is 3.01. The van der Waals surface area contributed by atoms with Crippen molar-refractivity contribution in [1.29, 1.82) is 0 Å². The smallest absolute Gasteiger partial charge is 0.197 e. The normalized spacial score (nSPS) is 13.2. The summed E-state index contributed by atoms with van der Waals surface area (Å²) in [5.41, 5.74) is 3.68. The maximum Gasteiger partial charge on any atom is 0.197 e. The number of hydrogen-bond acceptors (Lipinski definition) is 3. The number of furan rings is 1. The summed E-state index contributed by atoms with van der Waals surface area (Å²) in [6.45, 7) is 2.14. The Morgan fingerprint density at radius 1 is 1.69 bits per heavy atom. The van der Waals surface area contributed by atoms with Crippen LogP contribution < -0.4 is 11.3 Å². The quantitative estimate of drug-likeness (QED) is 0.570. The molecule has 74 valence electrons. The summed E-state index contributed by atoms with van der Waals surface area (Å²) < 4.78 is 5.00. The summed E-state index contributed by atoms with van der Waals surface area (Å²) in [7, 11) is 0. The van der Waals surface area contributed by atoms with E-state index >= 15 is 0 Å². The summed E-state index contributed by atoms with van der Waals surface area (Å²) in [4.78, 5) is 0. The lowest BCUT2D eigenvalue weighted by molar-refractivity contribution is 0.485. The molecule has 0 fully saturated rings. The van der Waals surface area contributed by atoms with E-state index in [1.54, 1.807) is 6.26 Å². The molecule has 0 aromatic carbocycles. The summed E-state index contributed by atoms with van der Waals surface area (Å²) in [6, 6.07) is 1.95. The van der Waals surface area contributed by atoms with Crippen LogP contribution >= 0.6 is 11.6 Å². The topological polar surface area (TPSA) is 51.2 Å². The Kier molecular flexibility index (Phi) is 4.28. The molecule has 1 aromatic rings. The van der Waals surface area contributed by atoms with Gasteiger partial charge in [-0.15, -0.1) is 0 Å². The van der Waals surface area contributed by atoms with Crippen molar-refractivity contribution in [3.8, 4) is 0 Å². The molecule has 1 unspecified atom stereocenters. The molecule has 1 heterocycles. The molecular weight excluding hydrogens is 188 g/mol. The van der Waals surface area contributed by atoms with Crippen molar-refractivity contribution in [2.24, 2.45) is 5.84 Å². The van der Waals surface area contributed by atoms with Crippen LogP contribution in [0.3, 0.4) is 0 Å². The monoisotopic (exact) mass is 202 g/mol. The molecular formula is C9H15ClN2O. The van der Waals surface area contributed by atoms with Gasteiger partial charge in [-0.2, -0.15) is 0 Å². The summed E-state index contributed by atoms with van der Waals surface area (Å²) in [5.74, 6) is 5.42. The summed E-state index contributed by atoms with van der Waals surface area (Å²) in [6.07, 6.45) is 4.82. The molecule has 4 heteroatoms. The number of hydrogen-bond donors (Lipinski definition) is 2. The van der Waals surface area contributed by atoms with Gasteiger partial charge in [0.2, 0.25) is 0 Å².